The molecule has 0 aliphatic heterocycles. The third-order valence-corrected chi connectivity index (χ3v) is 3.56. The van der Waals surface area contributed by atoms with Gasteiger partial charge in [0.15, 0.2) is 0 Å². The van der Waals surface area contributed by atoms with E-state index in [2.05, 4.69) is 10.6 Å². The van der Waals surface area contributed by atoms with E-state index in [0.717, 1.165) is 27.8 Å². The van der Waals surface area contributed by atoms with E-state index in [4.69, 9.17) is 5.73 Å². The van der Waals surface area contributed by atoms with Gasteiger partial charge >= 0.3 is 6.03 Å². The van der Waals surface area contributed by atoms with Crippen LogP contribution in [0.1, 0.15) is 5.56 Å². The molecule has 4 N–H and O–H groups in total. The van der Waals surface area contributed by atoms with E-state index in [1.165, 1.54) is 0 Å². The van der Waals surface area contributed by atoms with Crippen LogP contribution < -0.4 is 16.4 Å². The van der Waals surface area contributed by atoms with Crippen molar-refractivity contribution < 1.29 is 4.79 Å². The molecule has 112 valence electrons. The topological polar surface area (TPSA) is 72.1 Å². The second-order valence-corrected chi connectivity index (χ2v) is 5.18. The average Bonchev–Trinajstić information content (AvgIpc) is 2.88. The molecule has 0 spiro atoms. The van der Waals surface area contributed by atoms with E-state index >= 15 is 0 Å². The third-order valence-electron chi connectivity index (χ3n) is 3.56. The summed E-state index contributed by atoms with van der Waals surface area (Å²) < 4.78 is 2.04. The molecule has 5 nitrogen and oxygen atoms in total. The van der Waals surface area contributed by atoms with Crippen LogP contribution in [0.5, 0.6) is 0 Å². The summed E-state index contributed by atoms with van der Waals surface area (Å²) >= 11 is 0. The third kappa shape index (κ3) is 2.94. The molecule has 5 heteroatoms. The number of carbonyl (C=O) groups excluding carboxylic acids is 1. The fraction of sp³-hybridized carbons (Fsp3) is 0.118. The van der Waals surface area contributed by atoms with Crippen LogP contribution in [-0.4, -0.2) is 10.6 Å². The first kappa shape index (κ1) is 14.2. The summed E-state index contributed by atoms with van der Waals surface area (Å²) in [6.45, 7) is 0.446. The van der Waals surface area contributed by atoms with E-state index in [1.807, 2.05) is 66.3 Å². The predicted octanol–water partition coefficient (Wildman–Crippen LogP) is 3.28. The maximum atomic E-state index is 12.1. The number of fused-ring (bicyclic) bond motifs is 1. The second-order valence-electron chi connectivity index (χ2n) is 5.18. The summed E-state index contributed by atoms with van der Waals surface area (Å²) in [7, 11) is 1.99. The van der Waals surface area contributed by atoms with Gasteiger partial charge in [0.2, 0.25) is 0 Å². The van der Waals surface area contributed by atoms with Gasteiger partial charge in [0.1, 0.15) is 0 Å². The Labute approximate surface area is 128 Å². The lowest BCUT2D eigenvalue weighted by Gasteiger charge is -2.09. The highest BCUT2D eigenvalue weighted by atomic mass is 16.2. The first-order chi connectivity index (χ1) is 10.7. The molecular weight excluding hydrogens is 276 g/mol. The van der Waals surface area contributed by atoms with Crippen molar-refractivity contribution in [3.8, 4) is 0 Å². The van der Waals surface area contributed by atoms with Crippen molar-refractivity contribution in [1.82, 2.24) is 4.57 Å². The Morgan fingerprint density at radius 2 is 1.86 bits per heavy atom. The molecule has 0 unspecified atom stereocenters. The molecule has 2 aromatic carbocycles. The Kier molecular flexibility index (Phi) is 3.80. The fourth-order valence-electron chi connectivity index (χ4n) is 2.43. The lowest BCUT2D eigenvalue weighted by Crippen LogP contribution is -2.19. The molecule has 3 rings (SSSR count). The maximum absolute atomic E-state index is 12.1. The Bertz CT molecular complexity index is 822. The van der Waals surface area contributed by atoms with Crippen LogP contribution in [-0.2, 0) is 13.6 Å². The highest BCUT2D eigenvalue weighted by molar-refractivity contribution is 6.01. The predicted molar refractivity (Wildman–Crippen MR) is 89.9 cm³/mol. The van der Waals surface area contributed by atoms with Crippen LogP contribution in [0.15, 0.2) is 54.7 Å². The number of anilines is 2. The van der Waals surface area contributed by atoms with Crippen LogP contribution in [0.2, 0.25) is 0 Å². The summed E-state index contributed by atoms with van der Waals surface area (Å²) in [4.78, 5) is 12.1. The monoisotopic (exact) mass is 294 g/mol. The van der Waals surface area contributed by atoms with Gasteiger partial charge in [-0.3, -0.25) is 0 Å². The number of aryl methyl sites for hydroxylation is 1. The molecule has 0 saturated heterocycles. The zero-order valence-corrected chi connectivity index (χ0v) is 12.3. The number of rotatable bonds is 3. The smallest absolute Gasteiger partial charge is 0.323 e. The van der Waals surface area contributed by atoms with Gasteiger partial charge in [0.05, 0.1) is 0 Å². The first-order valence-electron chi connectivity index (χ1n) is 7.08. The number of carbonyl (C=O) groups is 1. The summed E-state index contributed by atoms with van der Waals surface area (Å²) in [6, 6.07) is 15.1. The van der Waals surface area contributed by atoms with Gasteiger partial charge in [-0.15, -0.1) is 0 Å². The van der Waals surface area contributed by atoms with Crippen molar-refractivity contribution in [2.45, 2.75) is 6.54 Å². The van der Waals surface area contributed by atoms with Gasteiger partial charge in [-0.1, -0.05) is 12.1 Å². The van der Waals surface area contributed by atoms with Crippen molar-refractivity contribution >= 4 is 28.3 Å². The van der Waals surface area contributed by atoms with E-state index in [1.54, 1.807) is 0 Å². The Morgan fingerprint density at radius 3 is 2.64 bits per heavy atom. The average molecular weight is 294 g/mol. The number of urea groups is 1. The summed E-state index contributed by atoms with van der Waals surface area (Å²) in [5.74, 6) is 0. The first-order valence-corrected chi connectivity index (χ1v) is 7.08. The molecule has 0 bridgehead atoms. The fourth-order valence-corrected chi connectivity index (χ4v) is 2.43. The lowest BCUT2D eigenvalue weighted by molar-refractivity contribution is 0.262. The molecule has 0 atom stereocenters. The molecule has 0 aliphatic carbocycles. The molecule has 0 aliphatic rings. The van der Waals surface area contributed by atoms with E-state index in [0.29, 0.717) is 6.54 Å². The molecule has 0 saturated carbocycles. The number of aromatic nitrogens is 1. The van der Waals surface area contributed by atoms with Gasteiger partial charge in [-0.05, 0) is 42.0 Å². The minimum absolute atomic E-state index is 0.274. The highest BCUT2D eigenvalue weighted by Crippen LogP contribution is 2.20. The molecule has 22 heavy (non-hydrogen) atoms. The molecule has 3 aromatic rings. The zero-order valence-electron chi connectivity index (χ0n) is 12.3. The van der Waals surface area contributed by atoms with E-state index < -0.39 is 0 Å². The van der Waals surface area contributed by atoms with Crippen molar-refractivity contribution in [3.63, 3.8) is 0 Å². The normalized spacial score (nSPS) is 10.6. The molecular formula is C17H18N4O. The van der Waals surface area contributed by atoms with Crippen LogP contribution in [0.4, 0.5) is 16.2 Å². The minimum Gasteiger partial charge on any atom is -0.351 e. The number of nitrogens with two attached hydrogens (primary N) is 1. The maximum Gasteiger partial charge on any atom is 0.323 e. The minimum atomic E-state index is -0.274. The zero-order chi connectivity index (χ0) is 15.5. The largest absolute Gasteiger partial charge is 0.351 e. The van der Waals surface area contributed by atoms with Gasteiger partial charge in [-0.25, -0.2) is 4.79 Å². The summed E-state index contributed by atoms with van der Waals surface area (Å²) in [6.07, 6.45) is 1.99. The van der Waals surface area contributed by atoms with Gasteiger partial charge < -0.3 is 20.9 Å². The molecule has 0 fully saturated rings. The van der Waals surface area contributed by atoms with Crippen LogP contribution in [0, 0.1) is 0 Å². The number of nitrogens with zero attached hydrogens (tertiary/aromatic N) is 1. The number of hydrogen-bond acceptors (Lipinski definition) is 2. The SMILES string of the molecule is Cn1ccc2cc(NC(=O)Nc3cccc(CN)c3)ccc21. The summed E-state index contributed by atoms with van der Waals surface area (Å²) in [5, 5.41) is 6.73. The number of hydrogen-bond donors (Lipinski definition) is 3. The number of amides is 2. The second kappa shape index (κ2) is 5.91. The van der Waals surface area contributed by atoms with Crippen molar-refractivity contribution in [2.24, 2.45) is 12.8 Å². The summed E-state index contributed by atoms with van der Waals surface area (Å²) in [5.41, 5.74) is 9.18. The highest BCUT2D eigenvalue weighted by Gasteiger charge is 2.05. The van der Waals surface area contributed by atoms with Gasteiger partial charge in [0, 0.05) is 42.1 Å². The van der Waals surface area contributed by atoms with Crippen molar-refractivity contribution in [2.75, 3.05) is 10.6 Å². The quantitative estimate of drug-likeness (QED) is 0.693. The van der Waals surface area contributed by atoms with Gasteiger partial charge in [-0.2, -0.15) is 0 Å². The van der Waals surface area contributed by atoms with E-state index in [-0.39, 0.29) is 6.03 Å². The van der Waals surface area contributed by atoms with Gasteiger partial charge in [0.25, 0.3) is 0 Å². The standard InChI is InChI=1S/C17H18N4O/c1-21-8-7-13-10-15(5-6-16(13)21)20-17(22)19-14-4-2-3-12(9-14)11-18/h2-10H,11,18H2,1H3,(H2,19,20,22). The number of nitrogens with one attached hydrogen (secondary N) is 2. The molecule has 2 amide bonds. The Balaban J connectivity index is 1.72. The van der Waals surface area contributed by atoms with Crippen LogP contribution in [0.25, 0.3) is 10.9 Å². The molecule has 1 heterocycles. The Hall–Kier alpha value is -2.79. The van der Waals surface area contributed by atoms with E-state index in [9.17, 15) is 4.79 Å². The molecule has 1 aromatic heterocycles. The Morgan fingerprint density at radius 1 is 1.09 bits per heavy atom. The van der Waals surface area contributed by atoms with Crippen molar-refractivity contribution in [3.05, 3.63) is 60.3 Å². The van der Waals surface area contributed by atoms with Crippen molar-refractivity contribution in [1.29, 1.82) is 0 Å². The molecule has 0 radical (unpaired) electrons. The number of benzene rings is 2. The van der Waals surface area contributed by atoms with Crippen LogP contribution in [0.3, 0.4) is 0 Å². The van der Waals surface area contributed by atoms with Crippen LogP contribution >= 0.6 is 0 Å². The lowest BCUT2D eigenvalue weighted by atomic mass is 10.2.